The molecule has 6 nitrogen and oxygen atoms in total. The molecule has 0 saturated carbocycles. The van der Waals surface area contributed by atoms with Crippen LogP contribution in [0.3, 0.4) is 0 Å². The van der Waals surface area contributed by atoms with Crippen LogP contribution in [0, 0.1) is 5.92 Å². The van der Waals surface area contributed by atoms with E-state index in [1.807, 2.05) is 30.3 Å². The highest BCUT2D eigenvalue weighted by Gasteiger charge is 2.26. The zero-order chi connectivity index (χ0) is 25.7. The van der Waals surface area contributed by atoms with Crippen LogP contribution in [0.4, 0.5) is 0 Å². The van der Waals surface area contributed by atoms with Crippen molar-refractivity contribution in [3.63, 3.8) is 0 Å². The number of amides is 2. The van der Waals surface area contributed by atoms with Gasteiger partial charge in [0.25, 0.3) is 0 Å². The van der Waals surface area contributed by atoms with E-state index in [-0.39, 0.29) is 18.2 Å². The second kappa shape index (κ2) is 19.9. The minimum atomic E-state index is -0.987. The van der Waals surface area contributed by atoms with Crippen molar-refractivity contribution >= 4 is 17.8 Å². The van der Waals surface area contributed by atoms with Crippen molar-refractivity contribution in [2.24, 2.45) is 5.92 Å². The quantitative estimate of drug-likeness (QED) is 0.184. The van der Waals surface area contributed by atoms with Gasteiger partial charge in [-0.1, -0.05) is 121 Å². The lowest BCUT2D eigenvalue weighted by atomic mass is 9.95. The van der Waals surface area contributed by atoms with Crippen molar-refractivity contribution in [2.75, 3.05) is 7.05 Å². The molecule has 0 aromatic heterocycles. The van der Waals surface area contributed by atoms with Gasteiger partial charge in [-0.05, 0) is 12.0 Å². The van der Waals surface area contributed by atoms with Crippen LogP contribution in [0.15, 0.2) is 30.3 Å². The molecule has 0 aliphatic carbocycles. The molecule has 0 spiro atoms. The largest absolute Gasteiger partial charge is 0.481 e. The molecule has 0 heterocycles. The summed E-state index contributed by atoms with van der Waals surface area (Å²) in [6.45, 7) is 2.25. The number of carbonyl (C=O) groups is 3. The molecule has 0 bridgehead atoms. The Morgan fingerprint density at radius 3 is 1.77 bits per heavy atom. The van der Waals surface area contributed by atoms with Gasteiger partial charge in [0.1, 0.15) is 6.04 Å². The number of rotatable bonds is 21. The molecule has 6 heteroatoms. The Hall–Kier alpha value is -2.37. The van der Waals surface area contributed by atoms with Gasteiger partial charge < -0.3 is 15.7 Å². The minimum Gasteiger partial charge on any atom is -0.481 e. The van der Waals surface area contributed by atoms with Crippen molar-refractivity contribution in [3.05, 3.63) is 35.9 Å². The molecule has 2 amide bonds. The maximum absolute atomic E-state index is 12.9. The molecule has 1 aromatic carbocycles. The summed E-state index contributed by atoms with van der Waals surface area (Å²) >= 11 is 0. The van der Waals surface area contributed by atoms with Gasteiger partial charge >= 0.3 is 5.97 Å². The molecule has 35 heavy (non-hydrogen) atoms. The van der Waals surface area contributed by atoms with Gasteiger partial charge in [-0.2, -0.15) is 0 Å². The number of unbranched alkanes of at least 4 members (excludes halogenated alkanes) is 12. The van der Waals surface area contributed by atoms with Gasteiger partial charge in [0.05, 0.1) is 6.42 Å². The number of hydrogen-bond donors (Lipinski definition) is 3. The summed E-state index contributed by atoms with van der Waals surface area (Å²) in [5.41, 5.74) is 0.938. The predicted octanol–water partition coefficient (Wildman–Crippen LogP) is 6.03. The normalized spacial score (nSPS) is 12.6. The van der Waals surface area contributed by atoms with Crippen molar-refractivity contribution in [2.45, 2.75) is 116 Å². The Balaban J connectivity index is 2.34. The smallest absolute Gasteiger partial charge is 0.304 e. The summed E-state index contributed by atoms with van der Waals surface area (Å²) in [5, 5.41) is 14.7. The summed E-state index contributed by atoms with van der Waals surface area (Å²) in [4.78, 5) is 36.6. The lowest BCUT2D eigenvalue weighted by molar-refractivity contribution is -0.141. The van der Waals surface area contributed by atoms with Crippen LogP contribution >= 0.6 is 0 Å². The summed E-state index contributed by atoms with van der Waals surface area (Å²) in [6, 6.07) is 8.77. The number of carbonyl (C=O) groups excluding carboxylic acids is 2. The molecule has 0 aliphatic heterocycles. The topological polar surface area (TPSA) is 95.5 Å². The van der Waals surface area contributed by atoms with Crippen molar-refractivity contribution in [1.29, 1.82) is 0 Å². The van der Waals surface area contributed by atoms with E-state index in [0.717, 1.165) is 24.8 Å². The SMILES string of the molecule is CCCCCCCCCCCCCCC[C@H](CC(=O)O)C(=O)N[C@@H](Cc1ccccc1)C(=O)NC. The highest BCUT2D eigenvalue weighted by Crippen LogP contribution is 2.18. The van der Waals surface area contributed by atoms with Crippen molar-refractivity contribution in [1.82, 2.24) is 10.6 Å². The number of likely N-dealkylation sites (N-methyl/N-ethyl adjacent to an activating group) is 1. The number of aliphatic carboxylic acids is 1. The van der Waals surface area contributed by atoms with Crippen LogP contribution in [-0.2, 0) is 20.8 Å². The Kier molecular flexibility index (Phi) is 17.4. The number of carboxylic acids is 1. The lowest BCUT2D eigenvalue weighted by Crippen LogP contribution is -2.49. The molecule has 3 N–H and O–H groups in total. The van der Waals surface area contributed by atoms with Crippen LogP contribution in [0.2, 0.25) is 0 Å². The van der Waals surface area contributed by atoms with Crippen LogP contribution in [0.25, 0.3) is 0 Å². The first kappa shape index (κ1) is 30.7. The number of carboxylic acid groups (broad SMARTS) is 1. The van der Waals surface area contributed by atoms with E-state index in [9.17, 15) is 19.5 Å². The molecular weight excluding hydrogens is 440 g/mol. The van der Waals surface area contributed by atoms with Gasteiger partial charge in [-0.3, -0.25) is 14.4 Å². The maximum atomic E-state index is 12.9. The summed E-state index contributed by atoms with van der Waals surface area (Å²) in [6.07, 6.45) is 16.8. The second-order valence-corrected chi connectivity index (χ2v) is 9.69. The van der Waals surface area contributed by atoms with Gasteiger partial charge in [-0.15, -0.1) is 0 Å². The first-order chi connectivity index (χ1) is 17.0. The number of hydrogen-bond acceptors (Lipinski definition) is 3. The predicted molar refractivity (Wildman–Crippen MR) is 142 cm³/mol. The monoisotopic (exact) mass is 488 g/mol. The summed E-state index contributed by atoms with van der Waals surface area (Å²) in [5.74, 6) is -2.24. The molecule has 0 radical (unpaired) electrons. The van der Waals surface area contributed by atoms with Gasteiger partial charge in [0.2, 0.25) is 11.8 Å². The third kappa shape index (κ3) is 15.3. The Morgan fingerprint density at radius 1 is 0.771 bits per heavy atom. The van der Waals surface area contributed by atoms with Gasteiger partial charge in [-0.25, -0.2) is 0 Å². The average molecular weight is 489 g/mol. The molecule has 0 saturated heterocycles. The highest BCUT2D eigenvalue weighted by molar-refractivity contribution is 5.89. The fraction of sp³-hybridized carbons (Fsp3) is 0.690. The van der Waals surface area contributed by atoms with Gasteiger partial charge in [0, 0.05) is 19.4 Å². The first-order valence-electron chi connectivity index (χ1n) is 13.8. The second-order valence-electron chi connectivity index (χ2n) is 9.69. The highest BCUT2D eigenvalue weighted by atomic mass is 16.4. The molecule has 2 atom stereocenters. The zero-order valence-corrected chi connectivity index (χ0v) is 22.0. The van der Waals surface area contributed by atoms with Crippen LogP contribution < -0.4 is 10.6 Å². The standard InChI is InChI=1S/C29H48N2O4/c1-3-4-5-6-7-8-9-10-11-12-13-14-18-21-25(23-27(32)33)28(34)31-26(29(35)30-2)22-24-19-16-15-17-20-24/h15-17,19-20,25-26H,3-14,18,21-23H2,1-2H3,(H,30,35)(H,31,34)(H,32,33)/t25-,26+/m1/s1. The molecule has 1 aromatic rings. The van der Waals surface area contributed by atoms with E-state index in [1.54, 1.807) is 0 Å². The third-order valence-electron chi connectivity index (χ3n) is 6.61. The van der Waals surface area contributed by atoms with Crippen molar-refractivity contribution in [3.8, 4) is 0 Å². The Morgan fingerprint density at radius 2 is 1.29 bits per heavy atom. The Bertz CT molecular complexity index is 708. The number of benzene rings is 1. The van der Waals surface area contributed by atoms with Gasteiger partial charge in [0.15, 0.2) is 0 Å². The molecule has 0 aliphatic rings. The summed E-state index contributed by atoms with van der Waals surface area (Å²) in [7, 11) is 1.54. The average Bonchev–Trinajstić information content (AvgIpc) is 2.85. The third-order valence-corrected chi connectivity index (χ3v) is 6.61. The molecule has 1 rings (SSSR count). The van der Waals surface area contributed by atoms with Crippen LogP contribution in [-0.4, -0.2) is 36.0 Å². The fourth-order valence-electron chi connectivity index (χ4n) is 4.47. The zero-order valence-electron chi connectivity index (χ0n) is 22.0. The summed E-state index contributed by atoms with van der Waals surface area (Å²) < 4.78 is 0. The van der Waals surface area contributed by atoms with E-state index >= 15 is 0 Å². The van der Waals surface area contributed by atoms with E-state index in [0.29, 0.717) is 12.8 Å². The van der Waals surface area contributed by atoms with E-state index in [2.05, 4.69) is 17.6 Å². The van der Waals surface area contributed by atoms with E-state index in [4.69, 9.17) is 0 Å². The van der Waals surface area contributed by atoms with Crippen LogP contribution in [0.1, 0.15) is 109 Å². The van der Waals surface area contributed by atoms with E-state index in [1.165, 1.54) is 71.3 Å². The Labute approximate surface area is 212 Å². The molecule has 0 unspecified atom stereocenters. The van der Waals surface area contributed by atoms with Crippen molar-refractivity contribution < 1.29 is 19.5 Å². The maximum Gasteiger partial charge on any atom is 0.304 e. The van der Waals surface area contributed by atoms with E-state index < -0.39 is 17.9 Å². The molecule has 0 fully saturated rings. The lowest BCUT2D eigenvalue weighted by Gasteiger charge is -2.21. The fourth-order valence-corrected chi connectivity index (χ4v) is 4.47. The number of nitrogens with one attached hydrogen (secondary N) is 2. The first-order valence-corrected chi connectivity index (χ1v) is 13.8. The molecule has 198 valence electrons. The minimum absolute atomic E-state index is 0.212. The van der Waals surface area contributed by atoms with Crippen LogP contribution in [0.5, 0.6) is 0 Å². The molecular formula is C29H48N2O4.